The van der Waals surface area contributed by atoms with Gasteiger partial charge >= 0.3 is 5.97 Å². The average molecular weight is 262 g/mol. The molecule has 1 heterocycles. The van der Waals surface area contributed by atoms with Gasteiger partial charge in [0, 0.05) is 10.6 Å². The zero-order chi connectivity index (χ0) is 13.0. The van der Waals surface area contributed by atoms with Crippen LogP contribution in [0.25, 0.3) is 0 Å². The molecule has 1 aromatic carbocycles. The van der Waals surface area contributed by atoms with E-state index in [2.05, 4.69) is 0 Å². The predicted molar refractivity (Wildman–Crippen MR) is 70.8 cm³/mol. The van der Waals surface area contributed by atoms with E-state index in [1.165, 1.54) is 7.11 Å². The van der Waals surface area contributed by atoms with E-state index in [4.69, 9.17) is 9.15 Å². The molecular weight excluding hydrogens is 248 g/mol. The van der Waals surface area contributed by atoms with Crippen LogP contribution in [-0.2, 0) is 10.5 Å². The molecule has 2 aromatic rings. The Morgan fingerprint density at radius 1 is 1.33 bits per heavy atom. The van der Waals surface area contributed by atoms with Gasteiger partial charge in [0.2, 0.25) is 0 Å². The van der Waals surface area contributed by atoms with Crippen molar-refractivity contribution < 1.29 is 13.9 Å². The van der Waals surface area contributed by atoms with Gasteiger partial charge in [0.05, 0.1) is 18.9 Å². The predicted octanol–water partition coefficient (Wildman–Crippen LogP) is 3.67. The quantitative estimate of drug-likeness (QED) is 0.622. The Hall–Kier alpha value is -1.68. The van der Waals surface area contributed by atoms with Crippen molar-refractivity contribution in [2.75, 3.05) is 7.11 Å². The van der Waals surface area contributed by atoms with Crippen molar-refractivity contribution in [2.45, 2.75) is 17.6 Å². The minimum atomic E-state index is -0.296. The highest BCUT2D eigenvalue weighted by Crippen LogP contribution is 2.27. The maximum Gasteiger partial charge on any atom is 0.338 e. The average Bonchev–Trinajstić information content (AvgIpc) is 2.81. The molecule has 2 rings (SSSR count). The summed E-state index contributed by atoms with van der Waals surface area (Å²) in [5.74, 6) is 1.32. The van der Waals surface area contributed by atoms with Crippen LogP contribution in [-0.4, -0.2) is 13.1 Å². The van der Waals surface area contributed by atoms with Crippen LogP contribution in [0.3, 0.4) is 0 Å². The first-order valence-electron chi connectivity index (χ1n) is 5.55. The minimum absolute atomic E-state index is 0.296. The molecule has 0 aliphatic carbocycles. The second kappa shape index (κ2) is 5.78. The number of hydrogen-bond acceptors (Lipinski definition) is 4. The Labute approximate surface area is 110 Å². The number of rotatable bonds is 4. The topological polar surface area (TPSA) is 39.4 Å². The van der Waals surface area contributed by atoms with Crippen LogP contribution < -0.4 is 0 Å². The van der Waals surface area contributed by atoms with Gasteiger partial charge in [-0.25, -0.2) is 4.79 Å². The number of esters is 1. The fourth-order valence-corrected chi connectivity index (χ4v) is 2.60. The van der Waals surface area contributed by atoms with Gasteiger partial charge in [0.25, 0.3) is 0 Å². The van der Waals surface area contributed by atoms with E-state index in [9.17, 15) is 4.79 Å². The molecule has 18 heavy (non-hydrogen) atoms. The standard InChI is InChI=1S/C14H14O3S/c1-10-13(7-8-17-10)18-9-11-5-3-4-6-12(11)14(15)16-2/h3-8H,9H2,1-2H3. The van der Waals surface area contributed by atoms with E-state index in [0.29, 0.717) is 11.3 Å². The second-order valence-corrected chi connectivity index (χ2v) is 4.80. The highest BCUT2D eigenvalue weighted by Gasteiger charge is 2.11. The van der Waals surface area contributed by atoms with Crippen LogP contribution in [0.4, 0.5) is 0 Å². The highest BCUT2D eigenvalue weighted by atomic mass is 32.2. The van der Waals surface area contributed by atoms with Crippen LogP contribution in [0.2, 0.25) is 0 Å². The number of furan rings is 1. The molecule has 1 aromatic heterocycles. The summed E-state index contributed by atoms with van der Waals surface area (Å²) < 4.78 is 10.0. The van der Waals surface area contributed by atoms with E-state index in [0.717, 1.165) is 16.2 Å². The lowest BCUT2D eigenvalue weighted by molar-refractivity contribution is 0.0600. The molecule has 0 unspecified atom stereocenters. The summed E-state index contributed by atoms with van der Waals surface area (Å²) in [5.41, 5.74) is 1.59. The van der Waals surface area contributed by atoms with Crippen molar-refractivity contribution in [3.05, 3.63) is 53.5 Å². The van der Waals surface area contributed by atoms with Gasteiger partial charge in [-0.2, -0.15) is 0 Å². The van der Waals surface area contributed by atoms with Gasteiger partial charge in [-0.15, -0.1) is 11.8 Å². The largest absolute Gasteiger partial charge is 0.468 e. The lowest BCUT2D eigenvalue weighted by atomic mass is 10.1. The smallest absolute Gasteiger partial charge is 0.338 e. The van der Waals surface area contributed by atoms with Crippen LogP contribution in [0.1, 0.15) is 21.7 Å². The Bertz CT molecular complexity index is 545. The SMILES string of the molecule is COC(=O)c1ccccc1CSc1ccoc1C. The molecule has 0 amide bonds. The molecular formula is C14H14O3S. The molecule has 94 valence electrons. The fraction of sp³-hybridized carbons (Fsp3) is 0.214. The molecule has 0 spiro atoms. The van der Waals surface area contributed by atoms with Crippen molar-refractivity contribution >= 4 is 17.7 Å². The van der Waals surface area contributed by atoms with E-state index >= 15 is 0 Å². The van der Waals surface area contributed by atoms with Crippen molar-refractivity contribution in [1.29, 1.82) is 0 Å². The van der Waals surface area contributed by atoms with Gasteiger partial charge in [-0.3, -0.25) is 0 Å². The monoisotopic (exact) mass is 262 g/mol. The summed E-state index contributed by atoms with van der Waals surface area (Å²) in [5, 5.41) is 0. The summed E-state index contributed by atoms with van der Waals surface area (Å²) in [6, 6.07) is 9.41. The summed E-state index contributed by atoms with van der Waals surface area (Å²) >= 11 is 1.65. The van der Waals surface area contributed by atoms with E-state index in [1.807, 2.05) is 31.2 Å². The van der Waals surface area contributed by atoms with Crippen molar-refractivity contribution in [3.8, 4) is 0 Å². The minimum Gasteiger partial charge on any atom is -0.468 e. The number of thioether (sulfide) groups is 1. The number of carbonyl (C=O) groups excluding carboxylic acids is 1. The molecule has 0 N–H and O–H groups in total. The second-order valence-electron chi connectivity index (χ2n) is 3.78. The molecule has 0 saturated carbocycles. The van der Waals surface area contributed by atoms with Crippen molar-refractivity contribution in [2.24, 2.45) is 0 Å². The van der Waals surface area contributed by atoms with Gasteiger partial charge in [-0.1, -0.05) is 18.2 Å². The summed E-state index contributed by atoms with van der Waals surface area (Å²) in [4.78, 5) is 12.7. The molecule has 0 aliphatic heterocycles. The summed E-state index contributed by atoms with van der Waals surface area (Å²) in [7, 11) is 1.40. The van der Waals surface area contributed by atoms with Gasteiger partial charge < -0.3 is 9.15 Å². The molecule has 0 atom stereocenters. The molecule has 0 fully saturated rings. The van der Waals surface area contributed by atoms with Crippen LogP contribution in [0.5, 0.6) is 0 Å². The van der Waals surface area contributed by atoms with E-state index < -0.39 is 0 Å². The Morgan fingerprint density at radius 3 is 2.78 bits per heavy atom. The van der Waals surface area contributed by atoms with Crippen LogP contribution in [0, 0.1) is 6.92 Å². The molecule has 0 aliphatic rings. The molecule has 3 nitrogen and oxygen atoms in total. The fourth-order valence-electron chi connectivity index (χ4n) is 1.63. The Kier molecular flexibility index (Phi) is 4.10. The maximum absolute atomic E-state index is 11.6. The lowest BCUT2D eigenvalue weighted by Gasteiger charge is -2.06. The lowest BCUT2D eigenvalue weighted by Crippen LogP contribution is -2.04. The van der Waals surface area contributed by atoms with Crippen LogP contribution >= 0.6 is 11.8 Å². The number of methoxy groups -OCH3 is 1. The zero-order valence-electron chi connectivity index (χ0n) is 10.3. The van der Waals surface area contributed by atoms with Crippen LogP contribution in [0.15, 0.2) is 45.9 Å². The molecule has 0 radical (unpaired) electrons. The number of aryl methyl sites for hydroxylation is 1. The van der Waals surface area contributed by atoms with Gasteiger partial charge in [-0.05, 0) is 24.6 Å². The van der Waals surface area contributed by atoms with E-state index in [-0.39, 0.29) is 5.97 Å². The Balaban J connectivity index is 2.14. The molecule has 0 bridgehead atoms. The number of ether oxygens (including phenoxy) is 1. The van der Waals surface area contributed by atoms with Crippen molar-refractivity contribution in [3.63, 3.8) is 0 Å². The highest BCUT2D eigenvalue weighted by molar-refractivity contribution is 7.98. The third kappa shape index (κ3) is 2.76. The number of benzene rings is 1. The van der Waals surface area contributed by atoms with Gasteiger partial charge in [0.1, 0.15) is 5.76 Å². The first-order valence-corrected chi connectivity index (χ1v) is 6.54. The maximum atomic E-state index is 11.6. The molecule has 4 heteroatoms. The summed E-state index contributed by atoms with van der Waals surface area (Å²) in [6.45, 7) is 1.93. The molecule has 0 saturated heterocycles. The first kappa shape index (κ1) is 12.8. The third-order valence-corrected chi connectivity index (χ3v) is 3.81. The number of carbonyl (C=O) groups is 1. The van der Waals surface area contributed by atoms with Gasteiger partial charge in [0.15, 0.2) is 0 Å². The first-order chi connectivity index (χ1) is 8.72. The van der Waals surface area contributed by atoms with Crippen molar-refractivity contribution in [1.82, 2.24) is 0 Å². The zero-order valence-corrected chi connectivity index (χ0v) is 11.1. The number of hydrogen-bond donors (Lipinski definition) is 0. The summed E-state index contributed by atoms with van der Waals surface area (Å²) in [6.07, 6.45) is 1.67. The Morgan fingerprint density at radius 2 is 2.11 bits per heavy atom. The third-order valence-electron chi connectivity index (χ3n) is 2.62. The normalized spacial score (nSPS) is 10.3. The van der Waals surface area contributed by atoms with E-state index in [1.54, 1.807) is 24.1 Å².